The van der Waals surface area contributed by atoms with E-state index in [0.29, 0.717) is 13.0 Å². The van der Waals surface area contributed by atoms with Gasteiger partial charge in [0.1, 0.15) is 5.60 Å². The molecule has 1 aromatic rings. The molecule has 1 fully saturated rings. The first-order chi connectivity index (χ1) is 9.10. The first-order valence-corrected chi connectivity index (χ1v) is 6.71. The van der Waals surface area contributed by atoms with Crippen molar-refractivity contribution in [3.8, 4) is 0 Å². The highest BCUT2D eigenvalue weighted by molar-refractivity contribution is 5.73. The third-order valence-electron chi connectivity index (χ3n) is 3.59. The van der Waals surface area contributed by atoms with Gasteiger partial charge in [0.25, 0.3) is 0 Å². The minimum Gasteiger partial charge on any atom is -0.385 e. The SMILES string of the molecule is CC(=O)N[C@H]1CCC[C@@]1(O)COCc1ccccc1. The Kier molecular flexibility index (Phi) is 4.56. The monoisotopic (exact) mass is 263 g/mol. The number of hydrogen-bond donors (Lipinski definition) is 2. The van der Waals surface area contributed by atoms with Crippen LogP contribution in [0.3, 0.4) is 0 Å². The Labute approximate surface area is 113 Å². The second kappa shape index (κ2) is 6.17. The Bertz CT molecular complexity index is 421. The molecule has 19 heavy (non-hydrogen) atoms. The van der Waals surface area contributed by atoms with Gasteiger partial charge in [0.05, 0.1) is 19.3 Å². The highest BCUT2D eigenvalue weighted by Crippen LogP contribution is 2.30. The zero-order valence-electron chi connectivity index (χ0n) is 11.3. The first kappa shape index (κ1) is 14.0. The van der Waals surface area contributed by atoms with Gasteiger partial charge in [-0.05, 0) is 24.8 Å². The maximum absolute atomic E-state index is 11.1. The van der Waals surface area contributed by atoms with Gasteiger partial charge in [-0.1, -0.05) is 30.3 Å². The molecule has 2 atom stereocenters. The van der Waals surface area contributed by atoms with Crippen molar-refractivity contribution in [1.29, 1.82) is 0 Å². The fourth-order valence-corrected chi connectivity index (χ4v) is 2.60. The Morgan fingerprint density at radius 1 is 1.47 bits per heavy atom. The standard InChI is InChI=1S/C15H21NO3/c1-12(17)16-14-8-5-9-15(14,18)11-19-10-13-6-3-2-4-7-13/h2-4,6-7,14,18H,5,8-11H2,1H3,(H,16,17)/t14-,15+/m0/s1. The number of ether oxygens (including phenoxy) is 1. The average Bonchev–Trinajstić information content (AvgIpc) is 2.72. The largest absolute Gasteiger partial charge is 0.385 e. The summed E-state index contributed by atoms with van der Waals surface area (Å²) in [6.07, 6.45) is 2.40. The van der Waals surface area contributed by atoms with Crippen LogP contribution >= 0.6 is 0 Å². The van der Waals surface area contributed by atoms with Crippen LogP contribution in [0.1, 0.15) is 31.7 Å². The molecule has 0 bridgehead atoms. The van der Waals surface area contributed by atoms with Gasteiger partial charge in [-0.15, -0.1) is 0 Å². The quantitative estimate of drug-likeness (QED) is 0.848. The minimum atomic E-state index is -0.930. The third kappa shape index (κ3) is 3.78. The number of benzene rings is 1. The molecule has 104 valence electrons. The second-order valence-corrected chi connectivity index (χ2v) is 5.23. The van der Waals surface area contributed by atoms with Gasteiger partial charge < -0.3 is 15.2 Å². The zero-order valence-corrected chi connectivity index (χ0v) is 11.3. The molecule has 0 aromatic heterocycles. The summed E-state index contributed by atoms with van der Waals surface area (Å²) in [6.45, 7) is 2.21. The van der Waals surface area contributed by atoms with E-state index in [1.807, 2.05) is 30.3 Å². The van der Waals surface area contributed by atoms with Crippen molar-refractivity contribution in [3.05, 3.63) is 35.9 Å². The van der Waals surface area contributed by atoms with E-state index in [2.05, 4.69) is 5.32 Å². The molecule has 1 aliphatic rings. The van der Waals surface area contributed by atoms with E-state index in [9.17, 15) is 9.90 Å². The van der Waals surface area contributed by atoms with Crippen LogP contribution in [-0.4, -0.2) is 29.3 Å². The van der Waals surface area contributed by atoms with E-state index in [-0.39, 0.29) is 18.6 Å². The smallest absolute Gasteiger partial charge is 0.217 e. The van der Waals surface area contributed by atoms with Gasteiger partial charge in [-0.3, -0.25) is 4.79 Å². The summed E-state index contributed by atoms with van der Waals surface area (Å²) in [5, 5.41) is 13.4. The summed E-state index contributed by atoms with van der Waals surface area (Å²) in [4.78, 5) is 11.1. The third-order valence-corrected chi connectivity index (χ3v) is 3.59. The number of carbonyl (C=O) groups excluding carboxylic acids is 1. The summed E-state index contributed by atoms with van der Waals surface area (Å²) in [5.41, 5.74) is 0.153. The molecule has 2 N–H and O–H groups in total. The lowest BCUT2D eigenvalue weighted by atomic mass is 9.99. The molecule has 1 amide bonds. The van der Waals surface area contributed by atoms with Crippen molar-refractivity contribution in [2.45, 2.75) is 44.4 Å². The van der Waals surface area contributed by atoms with Crippen LogP contribution in [0.25, 0.3) is 0 Å². The van der Waals surface area contributed by atoms with Crippen LogP contribution in [0.2, 0.25) is 0 Å². The minimum absolute atomic E-state index is 0.103. The number of aliphatic hydroxyl groups is 1. The van der Waals surface area contributed by atoms with Crippen molar-refractivity contribution in [1.82, 2.24) is 5.32 Å². The Hall–Kier alpha value is -1.39. The zero-order chi connectivity index (χ0) is 13.7. The molecule has 0 aliphatic heterocycles. The summed E-state index contributed by atoms with van der Waals surface area (Å²) < 4.78 is 5.62. The van der Waals surface area contributed by atoms with E-state index >= 15 is 0 Å². The van der Waals surface area contributed by atoms with Gasteiger partial charge in [0.2, 0.25) is 5.91 Å². The number of amides is 1. The lowest BCUT2D eigenvalue weighted by Crippen LogP contribution is -2.51. The van der Waals surface area contributed by atoms with Gasteiger partial charge >= 0.3 is 0 Å². The van der Waals surface area contributed by atoms with Gasteiger partial charge in [-0.2, -0.15) is 0 Å². The molecule has 1 aromatic carbocycles. The number of carbonyl (C=O) groups is 1. The number of rotatable bonds is 5. The van der Waals surface area contributed by atoms with Crippen LogP contribution in [0.4, 0.5) is 0 Å². The molecular weight excluding hydrogens is 242 g/mol. The Balaban J connectivity index is 1.85. The van der Waals surface area contributed by atoms with Gasteiger partial charge in [0, 0.05) is 6.92 Å². The molecule has 4 nitrogen and oxygen atoms in total. The molecule has 4 heteroatoms. The second-order valence-electron chi connectivity index (χ2n) is 5.23. The molecular formula is C15H21NO3. The topological polar surface area (TPSA) is 58.6 Å². The Morgan fingerprint density at radius 2 is 2.21 bits per heavy atom. The van der Waals surface area contributed by atoms with Gasteiger partial charge in [-0.25, -0.2) is 0 Å². The van der Waals surface area contributed by atoms with E-state index in [1.165, 1.54) is 6.92 Å². The summed E-state index contributed by atoms with van der Waals surface area (Å²) in [5.74, 6) is -0.103. The molecule has 0 heterocycles. The van der Waals surface area contributed by atoms with Crippen LogP contribution in [-0.2, 0) is 16.1 Å². The van der Waals surface area contributed by atoms with Crippen molar-refractivity contribution in [2.75, 3.05) is 6.61 Å². The molecule has 2 rings (SSSR count). The normalized spacial score (nSPS) is 26.3. The molecule has 0 unspecified atom stereocenters. The summed E-state index contributed by atoms with van der Waals surface area (Å²) >= 11 is 0. The maximum Gasteiger partial charge on any atom is 0.217 e. The fraction of sp³-hybridized carbons (Fsp3) is 0.533. The fourth-order valence-electron chi connectivity index (χ4n) is 2.60. The lowest BCUT2D eigenvalue weighted by Gasteiger charge is -2.30. The van der Waals surface area contributed by atoms with Crippen LogP contribution in [0, 0.1) is 0 Å². The van der Waals surface area contributed by atoms with Crippen molar-refractivity contribution in [3.63, 3.8) is 0 Å². The number of hydrogen-bond acceptors (Lipinski definition) is 3. The van der Waals surface area contributed by atoms with E-state index in [0.717, 1.165) is 18.4 Å². The van der Waals surface area contributed by atoms with Crippen LogP contribution in [0.15, 0.2) is 30.3 Å². The molecule has 1 saturated carbocycles. The van der Waals surface area contributed by atoms with Crippen molar-refractivity contribution >= 4 is 5.91 Å². The lowest BCUT2D eigenvalue weighted by molar-refractivity contribution is -0.123. The molecule has 0 saturated heterocycles. The van der Waals surface area contributed by atoms with Gasteiger partial charge in [0.15, 0.2) is 0 Å². The highest BCUT2D eigenvalue weighted by atomic mass is 16.5. The van der Waals surface area contributed by atoms with E-state index in [4.69, 9.17) is 4.74 Å². The summed E-state index contributed by atoms with van der Waals surface area (Å²) in [7, 11) is 0. The van der Waals surface area contributed by atoms with E-state index < -0.39 is 5.60 Å². The van der Waals surface area contributed by atoms with Crippen molar-refractivity contribution < 1.29 is 14.6 Å². The van der Waals surface area contributed by atoms with Crippen LogP contribution in [0.5, 0.6) is 0 Å². The first-order valence-electron chi connectivity index (χ1n) is 6.71. The highest BCUT2D eigenvalue weighted by Gasteiger charge is 2.41. The molecule has 1 aliphatic carbocycles. The molecule has 0 radical (unpaired) electrons. The Morgan fingerprint density at radius 3 is 2.89 bits per heavy atom. The van der Waals surface area contributed by atoms with Crippen LogP contribution < -0.4 is 5.32 Å². The number of nitrogens with one attached hydrogen (secondary N) is 1. The maximum atomic E-state index is 11.1. The van der Waals surface area contributed by atoms with E-state index in [1.54, 1.807) is 0 Å². The predicted octanol–water partition coefficient (Wildman–Crippen LogP) is 1.62. The average molecular weight is 263 g/mol. The summed E-state index contributed by atoms with van der Waals surface area (Å²) in [6, 6.07) is 9.67. The molecule has 0 spiro atoms. The van der Waals surface area contributed by atoms with Crippen molar-refractivity contribution in [2.24, 2.45) is 0 Å². The predicted molar refractivity (Wildman–Crippen MR) is 72.5 cm³/mol.